The van der Waals surface area contributed by atoms with Crippen LogP contribution < -0.4 is 0 Å². The molecule has 2 unspecified atom stereocenters. The third-order valence-electron chi connectivity index (χ3n) is 2.40. The Labute approximate surface area is 72.7 Å². The smallest absolute Gasteiger partial charge is 0.305 e. The van der Waals surface area contributed by atoms with Crippen LogP contribution >= 0.6 is 0 Å². The summed E-state index contributed by atoms with van der Waals surface area (Å²) in [6.45, 7) is 1.89. The van der Waals surface area contributed by atoms with Gasteiger partial charge in [0.25, 0.3) is 0 Å². The van der Waals surface area contributed by atoms with Crippen LogP contribution in [0.4, 0.5) is 0 Å². The first-order valence-corrected chi connectivity index (χ1v) is 4.40. The lowest BCUT2D eigenvalue weighted by Crippen LogP contribution is -2.22. The number of rotatable bonds is 4. The summed E-state index contributed by atoms with van der Waals surface area (Å²) in [5.41, 5.74) is 0. The summed E-state index contributed by atoms with van der Waals surface area (Å²) in [6, 6.07) is 0. The van der Waals surface area contributed by atoms with Crippen LogP contribution in [0.1, 0.15) is 26.2 Å². The molecule has 3 heteroatoms. The second kappa shape index (κ2) is 3.90. The molecule has 0 aromatic heterocycles. The molecule has 3 nitrogen and oxygen atoms in total. The van der Waals surface area contributed by atoms with Gasteiger partial charge >= 0.3 is 5.97 Å². The maximum atomic E-state index is 10.8. The highest BCUT2D eigenvalue weighted by Crippen LogP contribution is 2.36. The van der Waals surface area contributed by atoms with E-state index in [2.05, 4.69) is 4.74 Å². The predicted molar refractivity (Wildman–Crippen MR) is 44.5 cm³/mol. The average Bonchev–Trinajstić information content (AvgIpc) is 2.85. The van der Waals surface area contributed by atoms with Gasteiger partial charge in [-0.25, -0.2) is 0 Å². The molecule has 0 bridgehead atoms. The van der Waals surface area contributed by atoms with Crippen LogP contribution in [0.5, 0.6) is 0 Å². The van der Waals surface area contributed by atoms with Crippen LogP contribution in [0.25, 0.3) is 0 Å². The Morgan fingerprint density at radius 2 is 2.25 bits per heavy atom. The van der Waals surface area contributed by atoms with Gasteiger partial charge in [0.15, 0.2) is 0 Å². The standard InChI is InChI=1S/C9H16O3/c1-6(5-8(10)12-2)9(11)7-3-4-7/h6-7,9,11H,3-5H2,1-2H3. The highest BCUT2D eigenvalue weighted by atomic mass is 16.5. The van der Waals surface area contributed by atoms with Crippen LogP contribution in [-0.2, 0) is 9.53 Å². The fraction of sp³-hybridized carbons (Fsp3) is 0.889. The van der Waals surface area contributed by atoms with Gasteiger partial charge in [0.05, 0.1) is 19.6 Å². The summed E-state index contributed by atoms with van der Waals surface area (Å²) in [5, 5.41) is 9.59. The van der Waals surface area contributed by atoms with Gasteiger partial charge < -0.3 is 9.84 Å². The number of carbonyl (C=O) groups is 1. The molecule has 2 atom stereocenters. The van der Waals surface area contributed by atoms with E-state index in [4.69, 9.17) is 0 Å². The molecule has 0 aromatic rings. The summed E-state index contributed by atoms with van der Waals surface area (Å²) in [4.78, 5) is 10.8. The lowest BCUT2D eigenvalue weighted by atomic mass is 9.97. The topological polar surface area (TPSA) is 46.5 Å². The van der Waals surface area contributed by atoms with Crippen LogP contribution in [0.3, 0.4) is 0 Å². The Hall–Kier alpha value is -0.570. The number of aliphatic hydroxyl groups is 1. The Bertz CT molecular complexity index is 163. The SMILES string of the molecule is COC(=O)CC(C)C(O)C1CC1. The van der Waals surface area contributed by atoms with Crippen molar-refractivity contribution < 1.29 is 14.6 Å². The number of hydrogen-bond donors (Lipinski definition) is 1. The number of esters is 1. The molecule has 1 aliphatic rings. The van der Waals surface area contributed by atoms with Crippen molar-refractivity contribution in [3.05, 3.63) is 0 Å². The summed E-state index contributed by atoms with van der Waals surface area (Å²) >= 11 is 0. The molecule has 0 amide bonds. The van der Waals surface area contributed by atoms with Crippen LogP contribution in [-0.4, -0.2) is 24.3 Å². The first-order chi connectivity index (χ1) is 5.65. The summed E-state index contributed by atoms with van der Waals surface area (Å²) in [7, 11) is 1.37. The summed E-state index contributed by atoms with van der Waals surface area (Å²) in [5.74, 6) is 0.233. The van der Waals surface area contributed by atoms with E-state index in [0.29, 0.717) is 12.3 Å². The van der Waals surface area contributed by atoms with Crippen LogP contribution in [0.15, 0.2) is 0 Å². The molecular formula is C9H16O3. The minimum absolute atomic E-state index is 0.0324. The van der Waals surface area contributed by atoms with Crippen LogP contribution in [0.2, 0.25) is 0 Å². The van der Waals surface area contributed by atoms with E-state index in [-0.39, 0.29) is 18.0 Å². The maximum absolute atomic E-state index is 10.8. The third-order valence-corrected chi connectivity index (χ3v) is 2.40. The van der Waals surface area contributed by atoms with Gasteiger partial charge in [0.2, 0.25) is 0 Å². The Morgan fingerprint density at radius 1 is 1.67 bits per heavy atom. The molecule has 70 valence electrons. The molecule has 0 saturated heterocycles. The van der Waals surface area contributed by atoms with Gasteiger partial charge in [0.1, 0.15) is 0 Å². The first kappa shape index (κ1) is 9.52. The number of ether oxygens (including phenoxy) is 1. The van der Waals surface area contributed by atoms with Crippen molar-refractivity contribution >= 4 is 5.97 Å². The van der Waals surface area contributed by atoms with Gasteiger partial charge in [-0.1, -0.05) is 6.92 Å². The number of methoxy groups -OCH3 is 1. The number of carbonyl (C=O) groups excluding carboxylic acids is 1. The van der Waals surface area contributed by atoms with E-state index >= 15 is 0 Å². The van der Waals surface area contributed by atoms with Gasteiger partial charge in [-0.2, -0.15) is 0 Å². The Balaban J connectivity index is 2.25. The van der Waals surface area contributed by atoms with Gasteiger partial charge in [-0.05, 0) is 24.7 Å². The highest BCUT2D eigenvalue weighted by molar-refractivity contribution is 5.69. The van der Waals surface area contributed by atoms with Crippen molar-refractivity contribution in [1.29, 1.82) is 0 Å². The summed E-state index contributed by atoms with van der Waals surface area (Å²) in [6.07, 6.45) is 2.22. The predicted octanol–water partition coefficient (Wildman–Crippen LogP) is 0.956. The Morgan fingerprint density at radius 3 is 2.67 bits per heavy atom. The minimum atomic E-state index is -0.316. The molecule has 1 rings (SSSR count). The molecule has 1 N–H and O–H groups in total. The van der Waals surface area contributed by atoms with Crippen molar-refractivity contribution in [1.82, 2.24) is 0 Å². The second-order valence-electron chi connectivity index (χ2n) is 3.59. The molecule has 0 radical (unpaired) electrons. The van der Waals surface area contributed by atoms with Gasteiger partial charge in [-0.3, -0.25) is 4.79 Å². The maximum Gasteiger partial charge on any atom is 0.305 e. The van der Waals surface area contributed by atoms with Crippen molar-refractivity contribution in [2.24, 2.45) is 11.8 Å². The molecule has 0 aliphatic heterocycles. The van der Waals surface area contributed by atoms with E-state index in [9.17, 15) is 9.90 Å². The highest BCUT2D eigenvalue weighted by Gasteiger charge is 2.33. The normalized spacial score (nSPS) is 21.6. The van der Waals surface area contributed by atoms with Gasteiger partial charge in [0, 0.05) is 0 Å². The number of hydrogen-bond acceptors (Lipinski definition) is 3. The molecule has 0 spiro atoms. The molecule has 0 heterocycles. The van der Waals surface area contributed by atoms with Crippen molar-refractivity contribution in [2.75, 3.05) is 7.11 Å². The molecule has 1 aliphatic carbocycles. The van der Waals surface area contributed by atoms with E-state index in [1.807, 2.05) is 6.92 Å². The molecule has 1 fully saturated rings. The fourth-order valence-corrected chi connectivity index (χ4v) is 1.37. The van der Waals surface area contributed by atoms with E-state index in [1.54, 1.807) is 0 Å². The molecule has 1 saturated carbocycles. The largest absolute Gasteiger partial charge is 0.469 e. The molecule has 0 aromatic carbocycles. The minimum Gasteiger partial charge on any atom is -0.469 e. The quantitative estimate of drug-likeness (QED) is 0.642. The van der Waals surface area contributed by atoms with Crippen molar-refractivity contribution in [2.45, 2.75) is 32.3 Å². The van der Waals surface area contributed by atoms with E-state index in [0.717, 1.165) is 12.8 Å². The Kier molecular flexibility index (Phi) is 3.09. The summed E-state index contributed by atoms with van der Waals surface area (Å²) < 4.78 is 4.52. The third kappa shape index (κ3) is 2.48. The molecular weight excluding hydrogens is 156 g/mol. The fourth-order valence-electron chi connectivity index (χ4n) is 1.37. The zero-order valence-electron chi connectivity index (χ0n) is 7.62. The average molecular weight is 172 g/mol. The first-order valence-electron chi connectivity index (χ1n) is 4.40. The van der Waals surface area contributed by atoms with Crippen molar-refractivity contribution in [3.8, 4) is 0 Å². The zero-order valence-corrected chi connectivity index (χ0v) is 7.62. The lowest BCUT2D eigenvalue weighted by Gasteiger charge is -2.16. The van der Waals surface area contributed by atoms with E-state index < -0.39 is 0 Å². The number of aliphatic hydroxyl groups excluding tert-OH is 1. The van der Waals surface area contributed by atoms with Crippen molar-refractivity contribution in [3.63, 3.8) is 0 Å². The van der Waals surface area contributed by atoms with Crippen LogP contribution in [0, 0.1) is 11.8 Å². The monoisotopic (exact) mass is 172 g/mol. The van der Waals surface area contributed by atoms with Gasteiger partial charge in [-0.15, -0.1) is 0 Å². The lowest BCUT2D eigenvalue weighted by molar-refractivity contribution is -0.142. The van der Waals surface area contributed by atoms with E-state index in [1.165, 1.54) is 7.11 Å². The molecule has 12 heavy (non-hydrogen) atoms. The zero-order chi connectivity index (χ0) is 9.14. The second-order valence-corrected chi connectivity index (χ2v) is 3.59.